The zero-order valence-corrected chi connectivity index (χ0v) is 34.8. The quantitative estimate of drug-likeness (QED) is 0.0865. The van der Waals surface area contributed by atoms with Crippen LogP contribution >= 0.6 is 0 Å². The first kappa shape index (κ1) is 40.9. The van der Waals surface area contributed by atoms with E-state index in [1.54, 1.807) is 0 Å². The van der Waals surface area contributed by atoms with Gasteiger partial charge in [-0.05, 0) is 132 Å². The van der Waals surface area contributed by atoms with E-state index in [0.29, 0.717) is 34.5 Å². The summed E-state index contributed by atoms with van der Waals surface area (Å²) in [6.45, 7) is 8.39. The van der Waals surface area contributed by atoms with Gasteiger partial charge < -0.3 is 28.4 Å². The van der Waals surface area contributed by atoms with Crippen LogP contribution in [-0.2, 0) is 25.7 Å². The van der Waals surface area contributed by atoms with Crippen LogP contribution in [0.25, 0.3) is 11.1 Å². The maximum absolute atomic E-state index is 6.12. The molecular formula is C50H44N6O6. The van der Waals surface area contributed by atoms with E-state index in [9.17, 15) is 0 Å². The van der Waals surface area contributed by atoms with Crippen molar-refractivity contribution in [2.75, 3.05) is 0 Å². The van der Waals surface area contributed by atoms with E-state index < -0.39 is 0 Å². The predicted octanol–water partition coefficient (Wildman–Crippen LogP) is 12.7. The minimum Gasteiger partial charge on any atom is -0.424 e. The number of nitrogens with zero attached hydrogens (tertiary/aromatic N) is 6. The molecule has 0 fully saturated rings. The van der Waals surface area contributed by atoms with Crippen LogP contribution in [0.4, 0.5) is 0 Å². The third kappa shape index (κ3) is 10.8. The van der Waals surface area contributed by atoms with Gasteiger partial charge in [-0.3, -0.25) is 0 Å². The van der Waals surface area contributed by atoms with E-state index in [0.717, 1.165) is 36.8 Å². The molecule has 2 heterocycles. The summed E-state index contributed by atoms with van der Waals surface area (Å²) in [5, 5.41) is 0. The van der Waals surface area contributed by atoms with Gasteiger partial charge in [-0.2, -0.15) is 0 Å². The van der Waals surface area contributed by atoms with Crippen LogP contribution in [-0.4, -0.2) is 29.9 Å². The maximum Gasteiger partial charge on any atom is 0.331 e. The molecule has 0 radical (unpaired) electrons. The average molecular weight is 825 g/mol. The first-order valence-corrected chi connectivity index (χ1v) is 20.6. The van der Waals surface area contributed by atoms with E-state index in [-0.39, 0.29) is 36.1 Å². The van der Waals surface area contributed by atoms with Crippen LogP contribution in [0, 0.1) is 0 Å². The van der Waals surface area contributed by atoms with Crippen molar-refractivity contribution in [2.24, 2.45) is 0 Å². The number of benzene rings is 6. The van der Waals surface area contributed by atoms with Crippen LogP contribution in [0.3, 0.4) is 0 Å². The van der Waals surface area contributed by atoms with Gasteiger partial charge in [-0.15, -0.1) is 29.9 Å². The smallest absolute Gasteiger partial charge is 0.331 e. The zero-order chi connectivity index (χ0) is 42.7. The van der Waals surface area contributed by atoms with Crippen LogP contribution in [0.15, 0.2) is 146 Å². The highest BCUT2D eigenvalue weighted by Gasteiger charge is 2.16. The molecule has 6 aromatic carbocycles. The van der Waals surface area contributed by atoms with Gasteiger partial charge in [0, 0.05) is 0 Å². The second-order valence-corrected chi connectivity index (χ2v) is 14.0. The van der Waals surface area contributed by atoms with Crippen LogP contribution < -0.4 is 28.4 Å². The van der Waals surface area contributed by atoms with Gasteiger partial charge in [0.2, 0.25) is 0 Å². The van der Waals surface area contributed by atoms with Gasteiger partial charge in [-0.1, -0.05) is 100 Å². The Labute approximate surface area is 360 Å². The molecule has 0 aliphatic rings. The third-order valence-corrected chi connectivity index (χ3v) is 9.77. The number of aryl methyl sites for hydroxylation is 4. The Balaban J connectivity index is 0.974. The molecule has 62 heavy (non-hydrogen) atoms. The summed E-state index contributed by atoms with van der Waals surface area (Å²) >= 11 is 0. The molecule has 0 saturated heterocycles. The fourth-order valence-electron chi connectivity index (χ4n) is 6.15. The lowest BCUT2D eigenvalue weighted by Gasteiger charge is -2.11. The predicted molar refractivity (Wildman–Crippen MR) is 235 cm³/mol. The van der Waals surface area contributed by atoms with Crippen LogP contribution in [0.5, 0.6) is 70.6 Å². The Hall–Kier alpha value is -7.86. The van der Waals surface area contributed by atoms with Crippen molar-refractivity contribution < 1.29 is 28.4 Å². The van der Waals surface area contributed by atoms with Gasteiger partial charge in [-0.25, -0.2) is 0 Å². The number of hydrogen-bond acceptors (Lipinski definition) is 12. The Bertz CT molecular complexity index is 2370. The van der Waals surface area contributed by atoms with E-state index in [1.807, 2.05) is 146 Å². The lowest BCUT2D eigenvalue weighted by molar-refractivity contribution is 0.361. The Kier molecular flexibility index (Phi) is 12.8. The van der Waals surface area contributed by atoms with E-state index in [1.165, 1.54) is 22.3 Å². The summed E-state index contributed by atoms with van der Waals surface area (Å²) in [6.07, 6.45) is 3.66. The van der Waals surface area contributed by atoms with E-state index in [2.05, 4.69) is 57.6 Å². The molecule has 0 spiro atoms. The Morgan fingerprint density at radius 3 is 0.565 bits per heavy atom. The van der Waals surface area contributed by atoms with Crippen LogP contribution in [0.2, 0.25) is 0 Å². The van der Waals surface area contributed by atoms with Crippen LogP contribution in [0.1, 0.15) is 49.9 Å². The van der Waals surface area contributed by atoms with E-state index >= 15 is 0 Å². The molecule has 0 amide bonds. The largest absolute Gasteiger partial charge is 0.424 e. The molecule has 2 aromatic heterocycles. The number of aromatic nitrogens is 6. The van der Waals surface area contributed by atoms with Gasteiger partial charge >= 0.3 is 36.1 Å². The van der Waals surface area contributed by atoms with Crippen molar-refractivity contribution >= 4 is 0 Å². The van der Waals surface area contributed by atoms with Gasteiger partial charge in [0.25, 0.3) is 0 Å². The number of ether oxygens (including phenoxy) is 6. The summed E-state index contributed by atoms with van der Waals surface area (Å²) in [5.41, 5.74) is 6.62. The van der Waals surface area contributed by atoms with E-state index in [4.69, 9.17) is 28.4 Å². The summed E-state index contributed by atoms with van der Waals surface area (Å²) < 4.78 is 36.3. The molecule has 12 nitrogen and oxygen atoms in total. The van der Waals surface area contributed by atoms with Crippen molar-refractivity contribution in [1.29, 1.82) is 0 Å². The highest BCUT2D eigenvalue weighted by Crippen LogP contribution is 2.32. The normalized spacial score (nSPS) is 10.8. The summed E-state index contributed by atoms with van der Waals surface area (Å²) in [7, 11) is 0. The van der Waals surface area contributed by atoms with Gasteiger partial charge in [0.1, 0.15) is 34.5 Å². The van der Waals surface area contributed by atoms with Crippen molar-refractivity contribution in [3.63, 3.8) is 0 Å². The monoisotopic (exact) mass is 824 g/mol. The molecule has 8 rings (SSSR count). The standard InChI is InChI=1S/C50H44N6O6/c1-5-33-9-21-39(22-10-33)57-45-51-46(58-40-23-11-34(6-2)12-24-40)54-49(53-45)61-43-29-17-37(18-30-43)38-19-31-44(32-20-38)62-50-55-47(59-41-25-13-35(7-3)14-26-41)52-48(56-50)60-42-27-15-36(8-4)16-28-42/h9-32H,5-8H2,1-4H3. The summed E-state index contributed by atoms with van der Waals surface area (Å²) in [4.78, 5) is 26.6. The topological polar surface area (TPSA) is 133 Å². The third-order valence-electron chi connectivity index (χ3n) is 9.77. The molecule has 0 atom stereocenters. The average Bonchev–Trinajstić information content (AvgIpc) is 3.30. The summed E-state index contributed by atoms with van der Waals surface area (Å²) in [6, 6.07) is 46.2. The fraction of sp³-hybridized carbons (Fsp3) is 0.160. The molecule has 0 aliphatic carbocycles. The van der Waals surface area contributed by atoms with Gasteiger partial charge in [0.15, 0.2) is 0 Å². The minimum absolute atomic E-state index is 0.0128. The molecule has 0 saturated carbocycles. The van der Waals surface area contributed by atoms with Crippen molar-refractivity contribution in [1.82, 2.24) is 29.9 Å². The first-order chi connectivity index (χ1) is 30.4. The number of rotatable bonds is 17. The SMILES string of the molecule is CCc1ccc(Oc2nc(Oc3ccc(CC)cc3)nc(Oc3ccc(-c4ccc(Oc5nc(Oc6ccc(CC)cc6)nc(Oc6ccc(CC)cc6)n5)cc4)cc3)n2)cc1. The lowest BCUT2D eigenvalue weighted by Crippen LogP contribution is -2.01. The minimum atomic E-state index is 0.0128. The zero-order valence-electron chi connectivity index (χ0n) is 34.8. The molecule has 0 bridgehead atoms. The maximum atomic E-state index is 6.12. The molecule has 0 aliphatic heterocycles. The van der Waals surface area contributed by atoms with Crippen molar-refractivity contribution in [2.45, 2.75) is 53.4 Å². The molecular weight excluding hydrogens is 781 g/mol. The Morgan fingerprint density at radius 2 is 0.403 bits per heavy atom. The van der Waals surface area contributed by atoms with Crippen molar-refractivity contribution in [3.8, 4) is 81.7 Å². The van der Waals surface area contributed by atoms with Gasteiger partial charge in [0.05, 0.1) is 0 Å². The molecule has 0 N–H and O–H groups in total. The highest BCUT2D eigenvalue weighted by molar-refractivity contribution is 5.65. The molecule has 12 heteroatoms. The lowest BCUT2D eigenvalue weighted by atomic mass is 10.1. The fourth-order valence-corrected chi connectivity index (χ4v) is 6.15. The first-order valence-electron chi connectivity index (χ1n) is 20.6. The highest BCUT2D eigenvalue weighted by atomic mass is 16.5. The molecule has 0 unspecified atom stereocenters. The molecule has 310 valence electrons. The Morgan fingerprint density at radius 1 is 0.242 bits per heavy atom. The molecule has 8 aromatic rings. The second-order valence-electron chi connectivity index (χ2n) is 14.0. The second kappa shape index (κ2) is 19.5. The number of hydrogen-bond donors (Lipinski definition) is 0. The van der Waals surface area contributed by atoms with Crippen molar-refractivity contribution in [3.05, 3.63) is 168 Å². The summed E-state index contributed by atoms with van der Waals surface area (Å²) in [5.74, 6) is 3.31.